The van der Waals surface area contributed by atoms with Crippen molar-refractivity contribution in [3.05, 3.63) is 114 Å². The smallest absolute Gasteiger partial charge is 0.407 e. The molecule has 0 spiro atoms. The first-order valence-corrected chi connectivity index (χ1v) is 22.5. The van der Waals surface area contributed by atoms with Gasteiger partial charge in [-0.3, -0.25) is 9.59 Å². The van der Waals surface area contributed by atoms with Crippen LogP contribution in [-0.4, -0.2) is 99.8 Å². The lowest BCUT2D eigenvalue weighted by atomic mass is 9.92. The quantitative estimate of drug-likeness (QED) is 0.1000. The van der Waals surface area contributed by atoms with E-state index in [0.717, 1.165) is 93.8 Å². The van der Waals surface area contributed by atoms with Crippen LogP contribution in [-0.2, 0) is 30.4 Å². The summed E-state index contributed by atoms with van der Waals surface area (Å²) in [4.78, 5) is 73.2. The highest BCUT2D eigenvalue weighted by atomic mass is 16.5. The number of carbonyl (C=O) groups is 4. The van der Waals surface area contributed by atoms with Crippen molar-refractivity contribution < 1.29 is 38.1 Å². The molecule has 1 saturated carbocycles. The molecule has 1 aliphatic carbocycles. The van der Waals surface area contributed by atoms with Gasteiger partial charge in [-0.15, -0.1) is 0 Å². The van der Waals surface area contributed by atoms with E-state index in [1.807, 2.05) is 53.4 Å². The highest BCUT2D eigenvalue weighted by Gasteiger charge is 2.51. The molecule has 4 amide bonds. The van der Waals surface area contributed by atoms with Gasteiger partial charge in [0.15, 0.2) is 0 Å². The number of carbonyl (C=O) groups excluding carboxylic acids is 4. The highest BCUT2D eigenvalue weighted by Crippen LogP contribution is 2.51. The van der Waals surface area contributed by atoms with Crippen molar-refractivity contribution in [2.24, 2.45) is 5.92 Å². The van der Waals surface area contributed by atoms with E-state index < -0.39 is 30.4 Å². The Balaban J connectivity index is 0.862. The second-order valence-corrected chi connectivity index (χ2v) is 17.5. The summed E-state index contributed by atoms with van der Waals surface area (Å²) >= 11 is 0. The highest BCUT2D eigenvalue weighted by molar-refractivity contribution is 5.89. The largest absolute Gasteiger partial charge is 0.488 e. The summed E-state index contributed by atoms with van der Waals surface area (Å²) in [5.74, 6) is 2.02. The average Bonchev–Trinajstić information content (AvgIpc) is 4.23. The number of imidazole rings is 2. The zero-order valence-corrected chi connectivity index (χ0v) is 37.2. The Bertz CT molecular complexity index is 2830. The molecule has 3 fully saturated rings. The van der Waals surface area contributed by atoms with Gasteiger partial charge >= 0.3 is 12.2 Å². The number of H-pyrrole nitrogens is 2. The van der Waals surface area contributed by atoms with Gasteiger partial charge < -0.3 is 49.3 Å². The number of methoxy groups -OCH3 is 3. The van der Waals surface area contributed by atoms with Crippen LogP contribution in [0, 0.1) is 5.92 Å². The second kappa shape index (κ2) is 17.6. The predicted molar refractivity (Wildman–Crippen MR) is 244 cm³/mol. The predicted octanol–water partition coefficient (Wildman–Crippen LogP) is 7.75. The van der Waals surface area contributed by atoms with Gasteiger partial charge in [-0.2, -0.15) is 0 Å². The van der Waals surface area contributed by atoms with Gasteiger partial charge in [0, 0.05) is 30.8 Å². The summed E-state index contributed by atoms with van der Waals surface area (Å²) in [5, 5.41) is 5.42. The molecular formula is C50H52N8O8. The standard InChI is InChI=1S/C50H52N8O8/c1-27(63-2)42(55-49(61)64-3)47(59)57-20-8-11-40(57)45-51-25-39(54-45)31-14-18-36-35-17-13-29(21-33(35)26-66-41(36)24-31)30-15-19-37-38(23-30)53-46(52-37)44-32-12-16-34(22-32)58(44)48(60)43(56-50(62)65-4)28-9-6-5-7-10-28/h5-7,9-10,13-15,17-19,21,23-25,27,32,34,40,42-44H,8,11-12,16,20,22,26H2,1-4H3,(H,51,54)(H,52,53)(H,55,61)(H,56,62)/t27-,32+,34-,40+,42+,43-,44+/m1/s1. The van der Waals surface area contributed by atoms with Gasteiger partial charge in [-0.25, -0.2) is 19.6 Å². The lowest BCUT2D eigenvalue weighted by Crippen LogP contribution is -2.54. The zero-order valence-electron chi connectivity index (χ0n) is 37.2. The fraction of sp³-hybridized carbons (Fsp3) is 0.360. The molecule has 0 unspecified atom stereocenters. The molecule has 2 saturated heterocycles. The van der Waals surface area contributed by atoms with Gasteiger partial charge in [-0.05, 0) is 103 Å². The van der Waals surface area contributed by atoms with E-state index in [-0.39, 0.29) is 35.9 Å². The fourth-order valence-electron chi connectivity index (χ4n) is 10.5. The van der Waals surface area contributed by atoms with Crippen molar-refractivity contribution in [1.82, 2.24) is 40.4 Å². The van der Waals surface area contributed by atoms with Crippen LogP contribution in [0.5, 0.6) is 5.75 Å². The molecule has 10 rings (SSSR count). The minimum absolute atomic E-state index is 0.0607. The maximum absolute atomic E-state index is 14.4. The molecule has 4 aliphatic rings. The van der Waals surface area contributed by atoms with Crippen LogP contribution in [0.25, 0.3) is 44.5 Å². The minimum atomic E-state index is -0.911. The molecule has 340 valence electrons. The van der Waals surface area contributed by atoms with Crippen molar-refractivity contribution in [3.63, 3.8) is 0 Å². The number of alkyl carbamates (subject to hydrolysis) is 2. The summed E-state index contributed by atoms with van der Waals surface area (Å²) in [7, 11) is 4.06. The number of likely N-dealkylation sites (tertiary alicyclic amines) is 2. The van der Waals surface area contributed by atoms with Crippen LogP contribution >= 0.6 is 0 Å². The Hall–Kier alpha value is -7.20. The summed E-state index contributed by atoms with van der Waals surface area (Å²) in [5.41, 5.74) is 9.32. The number of ether oxygens (including phenoxy) is 4. The number of aromatic nitrogens is 4. The van der Waals surface area contributed by atoms with E-state index in [1.54, 1.807) is 18.0 Å². The van der Waals surface area contributed by atoms with E-state index in [9.17, 15) is 19.2 Å². The van der Waals surface area contributed by atoms with E-state index in [2.05, 4.69) is 57.0 Å². The normalized spacial score (nSPS) is 20.8. The molecule has 4 N–H and O–H groups in total. The first-order chi connectivity index (χ1) is 32.1. The monoisotopic (exact) mass is 892 g/mol. The number of hydrogen-bond acceptors (Lipinski definition) is 10. The minimum Gasteiger partial charge on any atom is -0.488 e. The fourth-order valence-corrected chi connectivity index (χ4v) is 10.5. The Morgan fingerprint density at radius 1 is 0.803 bits per heavy atom. The molecule has 16 nitrogen and oxygen atoms in total. The van der Waals surface area contributed by atoms with Crippen molar-refractivity contribution in [3.8, 4) is 39.3 Å². The molecule has 16 heteroatoms. The molecule has 66 heavy (non-hydrogen) atoms. The number of nitrogens with zero attached hydrogens (tertiary/aromatic N) is 4. The lowest BCUT2D eigenvalue weighted by Gasteiger charge is -2.36. The van der Waals surface area contributed by atoms with E-state index in [0.29, 0.717) is 24.5 Å². The van der Waals surface area contributed by atoms with Crippen molar-refractivity contribution in [1.29, 1.82) is 0 Å². The Labute approximate surface area is 381 Å². The Morgan fingerprint density at radius 2 is 1.56 bits per heavy atom. The molecule has 3 aliphatic heterocycles. The van der Waals surface area contributed by atoms with Crippen molar-refractivity contribution >= 4 is 35.0 Å². The number of fused-ring (bicyclic) bond motifs is 6. The number of rotatable bonds is 11. The molecule has 6 aromatic rings. The third-order valence-electron chi connectivity index (χ3n) is 13.9. The number of nitrogens with one attached hydrogen (secondary N) is 4. The Morgan fingerprint density at radius 3 is 2.36 bits per heavy atom. The molecular weight excluding hydrogens is 841 g/mol. The maximum Gasteiger partial charge on any atom is 0.407 e. The van der Waals surface area contributed by atoms with Gasteiger partial charge in [0.1, 0.15) is 36.1 Å². The number of aromatic amines is 2. The first kappa shape index (κ1) is 42.7. The number of piperidine rings is 1. The summed E-state index contributed by atoms with van der Waals surface area (Å²) in [6.07, 6.45) is 4.19. The lowest BCUT2D eigenvalue weighted by molar-refractivity contribution is -0.138. The molecule has 2 bridgehead atoms. The topological polar surface area (TPSA) is 193 Å². The average molecular weight is 893 g/mol. The van der Waals surface area contributed by atoms with Crippen LogP contribution in [0.4, 0.5) is 9.59 Å². The number of hydrogen-bond donors (Lipinski definition) is 4. The van der Waals surface area contributed by atoms with Crippen molar-refractivity contribution in [2.75, 3.05) is 27.9 Å². The summed E-state index contributed by atoms with van der Waals surface area (Å²) < 4.78 is 21.5. The van der Waals surface area contributed by atoms with Gasteiger partial charge in [0.2, 0.25) is 5.91 Å². The second-order valence-electron chi connectivity index (χ2n) is 17.5. The number of amides is 4. The van der Waals surface area contributed by atoms with E-state index in [1.165, 1.54) is 21.3 Å². The van der Waals surface area contributed by atoms with Gasteiger partial charge in [-0.1, -0.05) is 54.6 Å². The summed E-state index contributed by atoms with van der Waals surface area (Å²) in [6.45, 7) is 2.66. The molecule has 2 aromatic heterocycles. The van der Waals surface area contributed by atoms with Crippen LogP contribution in [0.3, 0.4) is 0 Å². The van der Waals surface area contributed by atoms with E-state index in [4.69, 9.17) is 28.9 Å². The van der Waals surface area contributed by atoms with Crippen LogP contribution in [0.15, 0.2) is 91.1 Å². The van der Waals surface area contributed by atoms with Crippen LogP contribution in [0.1, 0.15) is 79.9 Å². The van der Waals surface area contributed by atoms with Gasteiger partial charge in [0.25, 0.3) is 5.91 Å². The molecule has 7 atom stereocenters. The van der Waals surface area contributed by atoms with E-state index >= 15 is 0 Å². The van der Waals surface area contributed by atoms with Crippen molar-refractivity contribution in [2.45, 2.75) is 81.9 Å². The van der Waals surface area contributed by atoms with Gasteiger partial charge in [0.05, 0.1) is 55.3 Å². The summed E-state index contributed by atoms with van der Waals surface area (Å²) in [6, 6.07) is 25.8. The third kappa shape index (κ3) is 7.78. The third-order valence-corrected chi connectivity index (χ3v) is 13.9. The Kier molecular flexibility index (Phi) is 11.4. The number of benzene rings is 4. The maximum atomic E-state index is 14.4. The molecule has 4 aromatic carbocycles. The van der Waals surface area contributed by atoms with Crippen LogP contribution in [0.2, 0.25) is 0 Å². The first-order valence-electron chi connectivity index (χ1n) is 22.5. The molecule has 5 heterocycles. The van der Waals surface area contributed by atoms with Crippen LogP contribution < -0.4 is 15.4 Å². The molecule has 0 radical (unpaired) electrons. The zero-order chi connectivity index (χ0) is 45.6. The SMILES string of the molecule is COC(=O)N[C@H](C(=O)N1CCC[C@H]1c1ncc(-c2ccc3c(c2)OCc2cc(-c4ccc5nc([C@@H]6[C@H]7CC[C@H](C7)N6C(=O)[C@H](NC(=O)OC)c6ccccc6)[nH]c5c4)ccc2-3)[nH]1)[C@@H](C)OC.